The first-order valence-corrected chi connectivity index (χ1v) is 7.73. The third kappa shape index (κ3) is 3.73. The number of hydrogen-bond donors (Lipinski definition) is 1. The Morgan fingerprint density at radius 2 is 1.44 bits per heavy atom. The summed E-state index contributed by atoms with van der Waals surface area (Å²) in [5.74, 6) is 0. The van der Waals surface area contributed by atoms with Crippen molar-refractivity contribution in [3.05, 3.63) is 64.7 Å². The van der Waals surface area contributed by atoms with E-state index in [9.17, 15) is 30.3 Å². The first-order chi connectivity index (χ1) is 11.6. The zero-order chi connectivity index (χ0) is 18.9. The molecule has 13 heteroatoms. The Morgan fingerprint density at radius 3 is 1.88 bits per heavy atom. The van der Waals surface area contributed by atoms with Gasteiger partial charge in [0.15, 0.2) is 4.90 Å². The number of non-ortho nitro benzene ring substituents is 1. The van der Waals surface area contributed by atoms with Gasteiger partial charge in [0.05, 0.1) is 42.6 Å². The van der Waals surface area contributed by atoms with Gasteiger partial charge in [-0.05, 0) is 12.1 Å². The molecule has 130 valence electrons. The highest BCUT2D eigenvalue weighted by Crippen LogP contribution is 2.47. The third-order valence-corrected chi connectivity index (χ3v) is 4.96. The van der Waals surface area contributed by atoms with Crippen molar-refractivity contribution in [2.45, 2.75) is 9.79 Å². The highest BCUT2D eigenvalue weighted by atomic mass is 35.5. The van der Waals surface area contributed by atoms with Gasteiger partial charge < -0.3 is 5.73 Å². The lowest BCUT2D eigenvalue weighted by Crippen LogP contribution is -2.00. The van der Waals surface area contributed by atoms with Crippen molar-refractivity contribution in [3.8, 4) is 0 Å². The van der Waals surface area contributed by atoms with Gasteiger partial charge >= 0.3 is 0 Å². The molecule has 0 aliphatic carbocycles. The van der Waals surface area contributed by atoms with Crippen molar-refractivity contribution in [2.75, 3.05) is 5.73 Å². The van der Waals surface area contributed by atoms with E-state index in [2.05, 4.69) is 0 Å². The summed E-state index contributed by atoms with van der Waals surface area (Å²) in [4.78, 5) is 30.2. The van der Waals surface area contributed by atoms with Crippen LogP contribution in [0.25, 0.3) is 0 Å². The van der Waals surface area contributed by atoms with Crippen LogP contribution in [0.1, 0.15) is 0 Å². The molecule has 0 bridgehead atoms. The summed E-state index contributed by atoms with van der Waals surface area (Å²) in [6, 6.07) is 4.03. The molecular weight excluding hydrogens is 399 g/mol. The molecule has 0 atom stereocenters. The summed E-state index contributed by atoms with van der Waals surface area (Å²) in [6.07, 6.45) is 0. The molecular formula is C12H6Cl2N4O6S. The summed E-state index contributed by atoms with van der Waals surface area (Å²) >= 11 is 12.3. The Hall–Kier alpha value is -2.63. The second-order valence-electron chi connectivity index (χ2n) is 4.46. The number of nitro groups is 3. The van der Waals surface area contributed by atoms with Gasteiger partial charge in [0.1, 0.15) is 0 Å². The highest BCUT2D eigenvalue weighted by molar-refractivity contribution is 7.99. The lowest BCUT2D eigenvalue weighted by molar-refractivity contribution is -0.407. The maximum atomic E-state index is 11.2. The van der Waals surface area contributed by atoms with Crippen LogP contribution in [-0.2, 0) is 0 Å². The number of nitrogens with zero attached hydrogens (tertiary/aromatic N) is 3. The van der Waals surface area contributed by atoms with Crippen LogP contribution in [-0.4, -0.2) is 14.8 Å². The van der Waals surface area contributed by atoms with Gasteiger partial charge in [-0.1, -0.05) is 35.0 Å². The number of nitrogen functional groups attached to an aromatic ring is 1. The fraction of sp³-hybridized carbons (Fsp3) is 0. The molecule has 0 aliphatic rings. The first-order valence-electron chi connectivity index (χ1n) is 6.16. The Kier molecular flexibility index (Phi) is 5.30. The second kappa shape index (κ2) is 7.09. The van der Waals surface area contributed by atoms with Gasteiger partial charge in [-0.3, -0.25) is 30.3 Å². The van der Waals surface area contributed by atoms with Crippen LogP contribution in [0.15, 0.2) is 34.1 Å². The van der Waals surface area contributed by atoms with E-state index in [1.807, 2.05) is 0 Å². The molecule has 0 aromatic heterocycles. The molecule has 0 radical (unpaired) electrons. The van der Waals surface area contributed by atoms with E-state index in [-0.39, 0.29) is 20.6 Å². The summed E-state index contributed by atoms with van der Waals surface area (Å²) in [5.41, 5.74) is 3.39. The molecule has 0 saturated carbocycles. The molecule has 0 saturated heterocycles. The van der Waals surface area contributed by atoms with Gasteiger partial charge in [0.2, 0.25) is 0 Å². The van der Waals surface area contributed by atoms with E-state index in [4.69, 9.17) is 28.9 Å². The maximum Gasteiger partial charge on any atom is 0.297 e. The molecule has 10 nitrogen and oxygen atoms in total. The molecule has 0 aliphatic heterocycles. The predicted molar refractivity (Wildman–Crippen MR) is 91.4 cm³/mol. The van der Waals surface area contributed by atoms with Crippen LogP contribution in [0.3, 0.4) is 0 Å². The first kappa shape index (κ1) is 18.7. The average Bonchev–Trinajstić information content (AvgIpc) is 2.54. The summed E-state index contributed by atoms with van der Waals surface area (Å²) in [7, 11) is 0. The minimum Gasteiger partial charge on any atom is -0.397 e. The second-order valence-corrected chi connectivity index (χ2v) is 6.30. The number of halogens is 2. The molecule has 25 heavy (non-hydrogen) atoms. The quantitative estimate of drug-likeness (QED) is 0.434. The Bertz CT molecular complexity index is 888. The van der Waals surface area contributed by atoms with Crippen molar-refractivity contribution in [1.82, 2.24) is 0 Å². The minimum atomic E-state index is -0.956. The molecule has 2 rings (SSSR count). The van der Waals surface area contributed by atoms with Crippen LogP contribution in [0.4, 0.5) is 22.7 Å². The standard InChI is InChI=1S/C12H6Cl2N4O6S/c13-6-1-2-9(11(15)10(6)14)25-12-7(17(21)22)3-5(16(19)20)4-8(12)18(23)24/h1-4H,15H2. The van der Waals surface area contributed by atoms with Crippen LogP contribution in [0.5, 0.6) is 0 Å². The van der Waals surface area contributed by atoms with Gasteiger partial charge in [0, 0.05) is 4.90 Å². The summed E-state index contributed by atoms with van der Waals surface area (Å²) in [6.45, 7) is 0. The summed E-state index contributed by atoms with van der Waals surface area (Å²) in [5, 5.41) is 33.5. The van der Waals surface area contributed by atoms with Gasteiger partial charge in [0.25, 0.3) is 17.1 Å². The van der Waals surface area contributed by atoms with Crippen LogP contribution in [0.2, 0.25) is 10.0 Å². The molecule has 0 spiro atoms. The van der Waals surface area contributed by atoms with E-state index in [1.54, 1.807) is 0 Å². The number of benzene rings is 2. The Morgan fingerprint density at radius 1 is 0.920 bits per heavy atom. The number of nitrogens with two attached hydrogens (primary N) is 1. The summed E-state index contributed by atoms with van der Waals surface area (Å²) < 4.78 is 0. The van der Waals surface area contributed by atoms with Crippen molar-refractivity contribution >= 4 is 57.7 Å². The molecule has 0 heterocycles. The van der Waals surface area contributed by atoms with E-state index in [1.165, 1.54) is 12.1 Å². The van der Waals surface area contributed by atoms with E-state index in [0.717, 1.165) is 0 Å². The molecule has 0 unspecified atom stereocenters. The van der Waals surface area contributed by atoms with E-state index < -0.39 is 36.7 Å². The SMILES string of the molecule is Nc1c(Sc2c([N+](=O)[O-])cc([N+](=O)[O-])cc2[N+](=O)[O-])ccc(Cl)c1Cl. The number of nitro benzene ring substituents is 3. The highest BCUT2D eigenvalue weighted by Gasteiger charge is 2.31. The Labute approximate surface area is 153 Å². The minimum absolute atomic E-state index is 0.0149. The lowest BCUT2D eigenvalue weighted by atomic mass is 10.2. The van der Waals surface area contributed by atoms with Crippen molar-refractivity contribution in [2.24, 2.45) is 0 Å². The lowest BCUT2D eigenvalue weighted by Gasteiger charge is -2.09. The topological polar surface area (TPSA) is 155 Å². The Balaban J connectivity index is 2.71. The largest absolute Gasteiger partial charge is 0.397 e. The number of rotatable bonds is 5. The van der Waals surface area contributed by atoms with Crippen LogP contribution >= 0.6 is 35.0 Å². The average molecular weight is 405 g/mol. The monoisotopic (exact) mass is 404 g/mol. The molecule has 2 aromatic carbocycles. The molecule has 2 N–H and O–H groups in total. The smallest absolute Gasteiger partial charge is 0.297 e. The van der Waals surface area contributed by atoms with Crippen LogP contribution < -0.4 is 5.73 Å². The molecule has 2 aromatic rings. The van der Waals surface area contributed by atoms with Gasteiger partial charge in [-0.2, -0.15) is 0 Å². The fourth-order valence-corrected chi connectivity index (χ4v) is 3.24. The zero-order valence-corrected chi connectivity index (χ0v) is 14.2. The number of hydrogen-bond acceptors (Lipinski definition) is 8. The molecule has 0 fully saturated rings. The van der Waals surface area contributed by atoms with Crippen molar-refractivity contribution < 1.29 is 14.8 Å². The van der Waals surface area contributed by atoms with Gasteiger partial charge in [-0.15, -0.1) is 0 Å². The zero-order valence-electron chi connectivity index (χ0n) is 11.8. The van der Waals surface area contributed by atoms with Gasteiger partial charge in [-0.25, -0.2) is 0 Å². The maximum absolute atomic E-state index is 11.2. The molecule has 0 amide bonds. The van der Waals surface area contributed by atoms with Crippen LogP contribution in [0, 0.1) is 30.3 Å². The predicted octanol–water partition coefficient (Wildman–Crippen LogP) is 4.45. The van der Waals surface area contributed by atoms with E-state index in [0.29, 0.717) is 23.9 Å². The normalized spacial score (nSPS) is 10.5. The third-order valence-electron chi connectivity index (χ3n) is 2.94. The van der Waals surface area contributed by atoms with E-state index >= 15 is 0 Å². The number of anilines is 1. The fourth-order valence-electron chi connectivity index (χ4n) is 1.81. The van der Waals surface area contributed by atoms with Crippen molar-refractivity contribution in [1.29, 1.82) is 0 Å². The van der Waals surface area contributed by atoms with Crippen molar-refractivity contribution in [3.63, 3.8) is 0 Å².